The highest BCUT2D eigenvalue weighted by molar-refractivity contribution is 5.79. The van der Waals surface area contributed by atoms with E-state index in [1.807, 2.05) is 32.6 Å². The average molecular weight is 307 g/mol. The number of hydrogen-bond acceptors (Lipinski definition) is 2. The Morgan fingerprint density at radius 1 is 1.36 bits per heavy atom. The van der Waals surface area contributed by atoms with Gasteiger partial charge in [0.05, 0.1) is 18.7 Å². The van der Waals surface area contributed by atoms with Crippen LogP contribution < -0.4 is 0 Å². The van der Waals surface area contributed by atoms with Gasteiger partial charge < -0.3 is 9.64 Å². The van der Waals surface area contributed by atoms with Crippen molar-refractivity contribution in [1.29, 1.82) is 0 Å². The van der Waals surface area contributed by atoms with E-state index in [2.05, 4.69) is 0 Å². The zero-order valence-corrected chi connectivity index (χ0v) is 13.9. The Balaban J connectivity index is 2.24. The van der Waals surface area contributed by atoms with Crippen LogP contribution in [0.1, 0.15) is 52.2 Å². The molecule has 1 heterocycles. The van der Waals surface area contributed by atoms with Gasteiger partial charge in [-0.25, -0.2) is 4.39 Å². The highest BCUT2D eigenvalue weighted by Gasteiger charge is 2.40. The predicted molar refractivity (Wildman–Crippen MR) is 85.0 cm³/mol. The number of morpholine rings is 1. The number of carbonyl (C=O) groups is 1. The molecule has 1 saturated heterocycles. The smallest absolute Gasteiger partial charge is 0.226 e. The normalized spacial score (nSPS) is 21.2. The van der Waals surface area contributed by atoms with Crippen LogP contribution >= 0.6 is 0 Å². The van der Waals surface area contributed by atoms with Gasteiger partial charge >= 0.3 is 0 Å². The van der Waals surface area contributed by atoms with E-state index in [0.717, 1.165) is 12.8 Å². The quantitative estimate of drug-likeness (QED) is 0.843. The first-order valence-electron chi connectivity index (χ1n) is 8.08. The third-order valence-corrected chi connectivity index (χ3v) is 4.57. The minimum absolute atomic E-state index is 0.0265. The topological polar surface area (TPSA) is 29.5 Å². The summed E-state index contributed by atoms with van der Waals surface area (Å²) in [7, 11) is 0. The molecule has 1 amide bonds. The molecule has 2 rings (SSSR count). The third kappa shape index (κ3) is 3.32. The highest BCUT2D eigenvalue weighted by atomic mass is 19.1. The molecule has 0 bridgehead atoms. The van der Waals surface area contributed by atoms with Crippen LogP contribution in [0.3, 0.4) is 0 Å². The number of hydrogen-bond donors (Lipinski definition) is 0. The first-order chi connectivity index (χ1) is 10.4. The number of ether oxygens (including phenoxy) is 1. The molecule has 1 unspecified atom stereocenters. The van der Waals surface area contributed by atoms with Gasteiger partial charge in [-0.15, -0.1) is 0 Å². The van der Waals surface area contributed by atoms with E-state index in [-0.39, 0.29) is 23.2 Å². The first kappa shape index (κ1) is 16.9. The van der Waals surface area contributed by atoms with E-state index >= 15 is 0 Å². The average Bonchev–Trinajstić information content (AvgIpc) is 2.49. The molecule has 1 aliphatic heterocycles. The van der Waals surface area contributed by atoms with Crippen LogP contribution in [0, 0.1) is 11.7 Å². The first-order valence-corrected chi connectivity index (χ1v) is 8.08. The standard InChI is InChI=1S/C18H26FNO2/c1-5-13(6-2)17(21)20-11-16(22-12-18(20,3)4)14-9-7-8-10-15(14)19/h7-10,13,16H,5-6,11-12H2,1-4H3. The van der Waals surface area contributed by atoms with Crippen LogP contribution in [-0.4, -0.2) is 29.5 Å². The van der Waals surface area contributed by atoms with Gasteiger partial charge in [-0.3, -0.25) is 4.79 Å². The van der Waals surface area contributed by atoms with Gasteiger partial charge in [0.25, 0.3) is 0 Å². The van der Waals surface area contributed by atoms with Crippen molar-refractivity contribution in [2.45, 2.75) is 52.2 Å². The second kappa shape index (κ2) is 6.78. The van der Waals surface area contributed by atoms with Crippen molar-refractivity contribution in [1.82, 2.24) is 4.90 Å². The fourth-order valence-electron chi connectivity index (χ4n) is 3.02. The minimum atomic E-state index is -0.396. The van der Waals surface area contributed by atoms with E-state index in [0.29, 0.717) is 18.7 Å². The molecular formula is C18H26FNO2. The zero-order chi connectivity index (χ0) is 16.3. The van der Waals surface area contributed by atoms with E-state index in [1.54, 1.807) is 18.2 Å². The molecule has 122 valence electrons. The van der Waals surface area contributed by atoms with Gasteiger partial charge in [0.15, 0.2) is 0 Å². The Bertz CT molecular complexity index is 526. The Morgan fingerprint density at radius 3 is 2.59 bits per heavy atom. The second-order valence-electron chi connectivity index (χ2n) is 6.60. The molecule has 4 heteroatoms. The SMILES string of the molecule is CCC(CC)C(=O)N1CC(c2ccccc2F)OCC1(C)C. The van der Waals surface area contributed by atoms with Crippen LogP contribution in [0.2, 0.25) is 0 Å². The van der Waals surface area contributed by atoms with Crippen molar-refractivity contribution < 1.29 is 13.9 Å². The molecule has 1 aliphatic rings. The summed E-state index contributed by atoms with van der Waals surface area (Å²) in [5, 5.41) is 0. The number of amides is 1. The summed E-state index contributed by atoms with van der Waals surface area (Å²) < 4.78 is 19.9. The summed E-state index contributed by atoms with van der Waals surface area (Å²) in [5.74, 6) is -0.0968. The van der Waals surface area contributed by atoms with Crippen LogP contribution in [-0.2, 0) is 9.53 Å². The van der Waals surface area contributed by atoms with Crippen molar-refractivity contribution in [2.24, 2.45) is 5.92 Å². The number of carbonyl (C=O) groups excluding carboxylic acids is 1. The zero-order valence-electron chi connectivity index (χ0n) is 13.9. The minimum Gasteiger partial charge on any atom is -0.369 e. The molecule has 0 N–H and O–H groups in total. The van der Waals surface area contributed by atoms with Crippen LogP contribution in [0.15, 0.2) is 24.3 Å². The fraction of sp³-hybridized carbons (Fsp3) is 0.611. The molecule has 1 fully saturated rings. The highest BCUT2D eigenvalue weighted by Crippen LogP contribution is 2.33. The molecule has 0 aromatic heterocycles. The lowest BCUT2D eigenvalue weighted by atomic mass is 9.93. The molecule has 3 nitrogen and oxygen atoms in total. The van der Waals surface area contributed by atoms with Gasteiger partial charge in [0, 0.05) is 11.5 Å². The molecular weight excluding hydrogens is 281 g/mol. The maximum absolute atomic E-state index is 14.0. The molecule has 0 radical (unpaired) electrons. The lowest BCUT2D eigenvalue weighted by Crippen LogP contribution is -2.57. The summed E-state index contributed by atoms with van der Waals surface area (Å²) in [6, 6.07) is 6.64. The van der Waals surface area contributed by atoms with Gasteiger partial charge in [0.1, 0.15) is 11.9 Å². The third-order valence-electron chi connectivity index (χ3n) is 4.57. The molecule has 0 saturated carbocycles. The molecule has 1 atom stereocenters. The van der Waals surface area contributed by atoms with Gasteiger partial charge in [0.2, 0.25) is 5.91 Å². The number of halogens is 1. The van der Waals surface area contributed by atoms with Gasteiger partial charge in [-0.2, -0.15) is 0 Å². The monoisotopic (exact) mass is 307 g/mol. The largest absolute Gasteiger partial charge is 0.369 e. The van der Waals surface area contributed by atoms with Gasteiger partial charge in [-0.05, 0) is 32.8 Å². The summed E-state index contributed by atoms with van der Waals surface area (Å²) in [6.45, 7) is 8.90. The Labute approximate surface area is 132 Å². The lowest BCUT2D eigenvalue weighted by molar-refractivity contribution is -0.159. The van der Waals surface area contributed by atoms with Crippen molar-refractivity contribution >= 4 is 5.91 Å². The summed E-state index contributed by atoms with van der Waals surface area (Å²) in [5.41, 5.74) is 0.168. The predicted octanol–water partition coefficient (Wildman–Crippen LogP) is 3.94. The molecule has 1 aromatic rings. The molecule has 0 aliphatic carbocycles. The lowest BCUT2D eigenvalue weighted by Gasteiger charge is -2.46. The van der Waals surface area contributed by atoms with Crippen molar-refractivity contribution in [3.63, 3.8) is 0 Å². The van der Waals surface area contributed by atoms with E-state index in [4.69, 9.17) is 4.74 Å². The van der Waals surface area contributed by atoms with E-state index in [1.165, 1.54) is 6.07 Å². The number of nitrogens with zero attached hydrogens (tertiary/aromatic N) is 1. The Hall–Kier alpha value is -1.42. The summed E-state index contributed by atoms with van der Waals surface area (Å²) in [6.07, 6.45) is 1.26. The van der Waals surface area contributed by atoms with Crippen molar-refractivity contribution in [3.8, 4) is 0 Å². The van der Waals surface area contributed by atoms with Crippen LogP contribution in [0.4, 0.5) is 4.39 Å². The molecule has 22 heavy (non-hydrogen) atoms. The van der Waals surface area contributed by atoms with Crippen molar-refractivity contribution in [2.75, 3.05) is 13.2 Å². The molecule has 1 aromatic carbocycles. The van der Waals surface area contributed by atoms with Crippen LogP contribution in [0.5, 0.6) is 0 Å². The maximum Gasteiger partial charge on any atom is 0.226 e. The number of benzene rings is 1. The van der Waals surface area contributed by atoms with Crippen molar-refractivity contribution in [3.05, 3.63) is 35.6 Å². The number of rotatable bonds is 4. The second-order valence-corrected chi connectivity index (χ2v) is 6.60. The Kier molecular flexibility index (Phi) is 5.22. The Morgan fingerprint density at radius 2 is 2.00 bits per heavy atom. The fourth-order valence-corrected chi connectivity index (χ4v) is 3.02. The van der Waals surface area contributed by atoms with Gasteiger partial charge in [-0.1, -0.05) is 32.0 Å². The van der Waals surface area contributed by atoms with E-state index in [9.17, 15) is 9.18 Å². The molecule has 0 spiro atoms. The summed E-state index contributed by atoms with van der Waals surface area (Å²) >= 11 is 0. The maximum atomic E-state index is 14.0. The summed E-state index contributed by atoms with van der Waals surface area (Å²) in [4.78, 5) is 14.7. The van der Waals surface area contributed by atoms with Crippen LogP contribution in [0.25, 0.3) is 0 Å². The van der Waals surface area contributed by atoms with E-state index < -0.39 is 6.10 Å².